The van der Waals surface area contributed by atoms with Gasteiger partial charge in [-0.05, 0) is 12.1 Å². The quantitative estimate of drug-likeness (QED) is 0.793. The molecule has 0 bridgehead atoms. The summed E-state index contributed by atoms with van der Waals surface area (Å²) in [5, 5.41) is 8.36. The Balaban J connectivity index is 0.000000921. The van der Waals surface area contributed by atoms with E-state index in [1.807, 2.05) is 13.8 Å². The van der Waals surface area contributed by atoms with Crippen molar-refractivity contribution in [3.05, 3.63) is 29.6 Å². The lowest BCUT2D eigenvalue weighted by Crippen LogP contribution is -2.08. The fraction of sp³-hybridized carbons (Fsp3) is 0.333. The lowest BCUT2D eigenvalue weighted by atomic mass is 10.2. The summed E-state index contributed by atoms with van der Waals surface area (Å²) in [5.74, 6) is -1.30. The van der Waals surface area contributed by atoms with Gasteiger partial charge in [-0.3, -0.25) is 4.98 Å². The molecule has 0 aliphatic carbocycles. The third kappa shape index (κ3) is 3.97. The molecular weight excluding hydrogens is 211 g/mol. The van der Waals surface area contributed by atoms with Crippen LogP contribution in [0.25, 0.3) is 0 Å². The van der Waals surface area contributed by atoms with Crippen molar-refractivity contribution in [2.45, 2.75) is 20.0 Å². The molecule has 0 unspecified atom stereocenters. The second kappa shape index (κ2) is 5.33. The highest BCUT2D eigenvalue weighted by atomic mass is 19.4. The molecule has 0 saturated carbocycles. The monoisotopic (exact) mass is 221 g/mol. The van der Waals surface area contributed by atoms with Gasteiger partial charge in [0.25, 0.3) is 0 Å². The lowest BCUT2D eigenvalue weighted by Gasteiger charge is -2.04. The average molecular weight is 221 g/mol. The van der Waals surface area contributed by atoms with Crippen molar-refractivity contribution in [2.75, 3.05) is 0 Å². The normalized spacial score (nSPS) is 10.2. The SMILES string of the molecule is CC.O=C(O)c1ccc(C(F)(F)F)nc1. The molecule has 1 aromatic heterocycles. The Morgan fingerprint density at radius 2 is 1.87 bits per heavy atom. The predicted molar refractivity (Wildman–Crippen MR) is 47.5 cm³/mol. The number of alkyl halides is 3. The maximum atomic E-state index is 11.9. The zero-order valence-electron chi connectivity index (χ0n) is 8.17. The van der Waals surface area contributed by atoms with Crippen LogP contribution in [0.15, 0.2) is 18.3 Å². The van der Waals surface area contributed by atoms with Crippen molar-refractivity contribution in [3.63, 3.8) is 0 Å². The van der Waals surface area contributed by atoms with Gasteiger partial charge in [0.05, 0.1) is 5.56 Å². The van der Waals surface area contributed by atoms with Crippen LogP contribution < -0.4 is 0 Å². The van der Waals surface area contributed by atoms with E-state index in [1.54, 1.807) is 0 Å². The molecule has 0 saturated heterocycles. The maximum Gasteiger partial charge on any atom is 0.433 e. The molecule has 0 fully saturated rings. The number of hydrogen-bond acceptors (Lipinski definition) is 2. The fourth-order valence-electron chi connectivity index (χ4n) is 0.688. The molecule has 1 rings (SSSR count). The highest BCUT2D eigenvalue weighted by Crippen LogP contribution is 2.27. The number of carboxylic acid groups (broad SMARTS) is 1. The minimum atomic E-state index is -4.53. The van der Waals surface area contributed by atoms with Gasteiger partial charge in [0, 0.05) is 6.20 Å². The first kappa shape index (κ1) is 13.4. The van der Waals surface area contributed by atoms with Crippen LogP contribution in [-0.4, -0.2) is 16.1 Å². The van der Waals surface area contributed by atoms with Crippen molar-refractivity contribution in [1.82, 2.24) is 4.98 Å². The average Bonchev–Trinajstić information content (AvgIpc) is 2.20. The highest BCUT2D eigenvalue weighted by Gasteiger charge is 2.32. The smallest absolute Gasteiger partial charge is 0.433 e. The molecule has 0 radical (unpaired) electrons. The largest absolute Gasteiger partial charge is 0.478 e. The van der Waals surface area contributed by atoms with Crippen LogP contribution in [0.2, 0.25) is 0 Å². The Morgan fingerprint density at radius 3 is 2.13 bits per heavy atom. The Bertz CT molecular complexity index is 319. The topological polar surface area (TPSA) is 50.2 Å². The Hall–Kier alpha value is -1.59. The molecule has 0 aliphatic heterocycles. The summed E-state index contributed by atoms with van der Waals surface area (Å²) < 4.78 is 35.7. The standard InChI is InChI=1S/C7H4F3NO2.C2H6/c8-7(9,10)5-2-1-4(3-11-5)6(12)13;1-2/h1-3H,(H,12,13);1-2H3. The molecule has 84 valence electrons. The Labute approximate surface area is 84.6 Å². The van der Waals surface area contributed by atoms with Gasteiger partial charge in [-0.1, -0.05) is 13.8 Å². The molecule has 15 heavy (non-hydrogen) atoms. The van der Waals surface area contributed by atoms with Crippen LogP contribution in [0, 0.1) is 0 Å². The molecule has 0 spiro atoms. The maximum absolute atomic E-state index is 11.9. The van der Waals surface area contributed by atoms with E-state index in [9.17, 15) is 18.0 Å². The summed E-state index contributed by atoms with van der Waals surface area (Å²) in [6, 6.07) is 1.49. The van der Waals surface area contributed by atoms with Crippen molar-refractivity contribution < 1.29 is 23.1 Å². The molecule has 0 atom stereocenters. The third-order valence-corrected chi connectivity index (χ3v) is 1.30. The van der Waals surface area contributed by atoms with Crippen molar-refractivity contribution in [3.8, 4) is 0 Å². The first-order valence-electron chi connectivity index (χ1n) is 4.18. The fourth-order valence-corrected chi connectivity index (χ4v) is 0.688. The van der Waals surface area contributed by atoms with Gasteiger partial charge >= 0.3 is 12.1 Å². The predicted octanol–water partition coefficient (Wildman–Crippen LogP) is 2.82. The van der Waals surface area contributed by atoms with Gasteiger partial charge in [-0.15, -0.1) is 0 Å². The number of carboxylic acids is 1. The van der Waals surface area contributed by atoms with Crippen LogP contribution in [0.3, 0.4) is 0 Å². The Morgan fingerprint density at radius 1 is 1.33 bits per heavy atom. The van der Waals surface area contributed by atoms with Crippen molar-refractivity contribution in [1.29, 1.82) is 0 Å². The first-order chi connectivity index (χ1) is 6.91. The van der Waals surface area contributed by atoms with E-state index in [2.05, 4.69) is 4.98 Å². The number of hydrogen-bond donors (Lipinski definition) is 1. The van der Waals surface area contributed by atoms with E-state index in [1.165, 1.54) is 0 Å². The van der Waals surface area contributed by atoms with E-state index in [4.69, 9.17) is 5.11 Å². The number of aromatic carboxylic acids is 1. The van der Waals surface area contributed by atoms with Gasteiger partial charge < -0.3 is 5.11 Å². The van der Waals surface area contributed by atoms with E-state index in [-0.39, 0.29) is 5.56 Å². The molecule has 1 N–H and O–H groups in total. The molecule has 1 aromatic rings. The minimum absolute atomic E-state index is 0.270. The van der Waals surface area contributed by atoms with Crippen LogP contribution in [-0.2, 0) is 6.18 Å². The summed E-state index contributed by atoms with van der Waals surface area (Å²) in [6.45, 7) is 4.00. The summed E-state index contributed by atoms with van der Waals surface area (Å²) in [7, 11) is 0. The second-order valence-corrected chi connectivity index (χ2v) is 2.24. The summed E-state index contributed by atoms with van der Waals surface area (Å²) in [4.78, 5) is 13.2. The number of aromatic nitrogens is 1. The van der Waals surface area contributed by atoms with Gasteiger partial charge in [-0.25, -0.2) is 4.79 Å². The van der Waals surface area contributed by atoms with E-state index >= 15 is 0 Å². The van der Waals surface area contributed by atoms with Gasteiger partial charge in [0.1, 0.15) is 5.69 Å². The van der Waals surface area contributed by atoms with E-state index in [0.717, 1.165) is 6.07 Å². The lowest BCUT2D eigenvalue weighted by molar-refractivity contribution is -0.141. The van der Waals surface area contributed by atoms with Gasteiger partial charge in [0.2, 0.25) is 0 Å². The zero-order chi connectivity index (χ0) is 12.1. The molecule has 0 aliphatic rings. The zero-order valence-corrected chi connectivity index (χ0v) is 8.17. The van der Waals surface area contributed by atoms with Gasteiger partial charge in [-0.2, -0.15) is 13.2 Å². The van der Waals surface area contributed by atoms with Gasteiger partial charge in [0.15, 0.2) is 0 Å². The molecule has 6 heteroatoms. The molecule has 1 heterocycles. The highest BCUT2D eigenvalue weighted by molar-refractivity contribution is 5.87. The number of nitrogens with zero attached hydrogens (tertiary/aromatic N) is 1. The van der Waals surface area contributed by atoms with Crippen LogP contribution >= 0.6 is 0 Å². The number of carbonyl (C=O) groups is 1. The van der Waals surface area contributed by atoms with Crippen LogP contribution in [0.4, 0.5) is 13.2 Å². The summed E-state index contributed by atoms with van der Waals surface area (Å²) in [5.41, 5.74) is -1.37. The molecular formula is C9H10F3NO2. The first-order valence-corrected chi connectivity index (χ1v) is 4.18. The van der Waals surface area contributed by atoms with E-state index < -0.39 is 17.8 Å². The summed E-state index contributed by atoms with van der Waals surface area (Å²) >= 11 is 0. The molecule has 3 nitrogen and oxygen atoms in total. The Kier molecular flexibility index (Phi) is 4.77. The number of halogens is 3. The van der Waals surface area contributed by atoms with Crippen molar-refractivity contribution in [2.24, 2.45) is 0 Å². The molecule has 0 amide bonds. The van der Waals surface area contributed by atoms with Crippen LogP contribution in [0.1, 0.15) is 29.9 Å². The minimum Gasteiger partial charge on any atom is -0.478 e. The summed E-state index contributed by atoms with van der Waals surface area (Å²) in [6.07, 6.45) is -3.86. The second-order valence-electron chi connectivity index (χ2n) is 2.24. The van der Waals surface area contributed by atoms with Crippen LogP contribution in [0.5, 0.6) is 0 Å². The van der Waals surface area contributed by atoms with Crippen molar-refractivity contribution >= 4 is 5.97 Å². The van der Waals surface area contributed by atoms with E-state index in [0.29, 0.717) is 12.3 Å². The number of pyridine rings is 1. The molecule has 0 aromatic carbocycles. The number of rotatable bonds is 1. The third-order valence-electron chi connectivity index (χ3n) is 1.30.